The van der Waals surface area contributed by atoms with Crippen LogP contribution in [0.5, 0.6) is 0 Å². The smallest absolute Gasteiger partial charge is 0.306 e. The summed E-state index contributed by atoms with van der Waals surface area (Å²) in [6, 6.07) is -0.228. The van der Waals surface area contributed by atoms with E-state index in [9.17, 15) is 9.59 Å². The largest absolute Gasteiger partial charge is 0.458 e. The molecular formula is C29H45NO7. The number of epoxide rings is 1. The van der Waals surface area contributed by atoms with Crippen LogP contribution in [0.2, 0.25) is 0 Å². The third-order valence-electron chi connectivity index (χ3n) is 6.68. The van der Waals surface area contributed by atoms with Gasteiger partial charge in [0.15, 0.2) is 6.29 Å². The molecular weight excluding hydrogens is 474 g/mol. The van der Waals surface area contributed by atoms with Crippen LogP contribution < -0.4 is 5.32 Å². The molecule has 1 amide bonds. The molecule has 0 aromatic heterocycles. The fourth-order valence-electron chi connectivity index (χ4n) is 4.81. The van der Waals surface area contributed by atoms with Gasteiger partial charge in [0, 0.05) is 31.8 Å². The molecule has 1 N–H and O–H groups in total. The van der Waals surface area contributed by atoms with Gasteiger partial charge in [0.25, 0.3) is 0 Å². The van der Waals surface area contributed by atoms with E-state index in [1.54, 1.807) is 13.0 Å². The summed E-state index contributed by atoms with van der Waals surface area (Å²) >= 11 is 0. The Bertz CT molecular complexity index is 844. The van der Waals surface area contributed by atoms with Crippen molar-refractivity contribution in [1.29, 1.82) is 0 Å². The lowest BCUT2D eigenvalue weighted by Crippen LogP contribution is -2.46. The molecule has 1 spiro atoms. The van der Waals surface area contributed by atoms with Gasteiger partial charge in [-0.15, -0.1) is 0 Å². The summed E-state index contributed by atoms with van der Waals surface area (Å²) < 4.78 is 28.8. The van der Waals surface area contributed by atoms with E-state index in [-0.39, 0.29) is 41.5 Å². The molecule has 208 valence electrons. The number of hydrogen-bond donors (Lipinski definition) is 1. The van der Waals surface area contributed by atoms with E-state index >= 15 is 0 Å². The number of amides is 1. The molecule has 3 fully saturated rings. The van der Waals surface area contributed by atoms with Crippen LogP contribution >= 0.6 is 0 Å². The van der Waals surface area contributed by atoms with Crippen molar-refractivity contribution < 1.29 is 33.3 Å². The number of rotatable bonds is 12. The summed E-state index contributed by atoms with van der Waals surface area (Å²) in [7, 11) is 0. The van der Waals surface area contributed by atoms with Crippen LogP contribution in [0.4, 0.5) is 0 Å². The van der Waals surface area contributed by atoms with Crippen molar-refractivity contribution in [2.24, 2.45) is 0 Å². The van der Waals surface area contributed by atoms with Crippen LogP contribution in [0, 0.1) is 0 Å². The van der Waals surface area contributed by atoms with Crippen molar-refractivity contribution in [2.75, 3.05) is 19.8 Å². The van der Waals surface area contributed by atoms with E-state index in [4.69, 9.17) is 23.7 Å². The van der Waals surface area contributed by atoms with E-state index in [1.807, 2.05) is 0 Å². The highest BCUT2D eigenvalue weighted by Gasteiger charge is 2.53. The molecule has 3 aliphatic heterocycles. The van der Waals surface area contributed by atoms with E-state index in [2.05, 4.69) is 51.2 Å². The first-order chi connectivity index (χ1) is 17.6. The molecule has 37 heavy (non-hydrogen) atoms. The number of esters is 1. The summed E-state index contributed by atoms with van der Waals surface area (Å²) in [6.45, 7) is 11.7. The zero-order chi connectivity index (χ0) is 26.9. The molecule has 0 aromatic rings. The van der Waals surface area contributed by atoms with Crippen molar-refractivity contribution in [3.05, 3.63) is 36.0 Å². The van der Waals surface area contributed by atoms with Crippen molar-refractivity contribution in [1.82, 2.24) is 5.32 Å². The first-order valence-corrected chi connectivity index (χ1v) is 13.7. The lowest BCUT2D eigenvalue weighted by molar-refractivity contribution is -0.187. The molecule has 3 saturated heterocycles. The Morgan fingerprint density at radius 2 is 1.89 bits per heavy atom. The summed E-state index contributed by atoms with van der Waals surface area (Å²) in [6.07, 6.45) is 14.3. The van der Waals surface area contributed by atoms with Gasteiger partial charge in [0.2, 0.25) is 5.91 Å². The predicted molar refractivity (Wildman–Crippen MR) is 141 cm³/mol. The Balaban J connectivity index is 1.32. The topological polar surface area (TPSA) is 95.6 Å². The molecule has 3 heterocycles. The zero-order valence-electron chi connectivity index (χ0n) is 23.1. The number of allylic oxidation sites excluding steroid dienone is 2. The van der Waals surface area contributed by atoms with Crippen molar-refractivity contribution in [3.8, 4) is 0 Å². The van der Waals surface area contributed by atoms with Crippen molar-refractivity contribution in [3.63, 3.8) is 0 Å². The highest BCUT2D eigenvalue weighted by atomic mass is 16.7. The number of carbonyl (C=O) groups excluding carboxylic acids is 2. The van der Waals surface area contributed by atoms with Gasteiger partial charge in [-0.25, -0.2) is 0 Å². The van der Waals surface area contributed by atoms with Gasteiger partial charge in [-0.2, -0.15) is 0 Å². The lowest BCUT2D eigenvalue weighted by Gasteiger charge is -2.38. The maximum absolute atomic E-state index is 12.2. The van der Waals surface area contributed by atoms with Gasteiger partial charge in [0.05, 0.1) is 43.2 Å². The Labute approximate surface area is 221 Å². The average molecular weight is 520 g/mol. The first-order valence-electron chi connectivity index (χ1n) is 13.7. The summed E-state index contributed by atoms with van der Waals surface area (Å²) in [5, 5.41) is 2.86. The molecule has 0 unspecified atom stereocenters. The van der Waals surface area contributed by atoms with E-state index in [0.717, 1.165) is 44.3 Å². The standard InChI is InChI=1S/C29H45NO7/c1-6-7-8-9-26(32)36-22(3)12-14-25(31)30-23-17-33-27(34-18-23)15-11-21(2)10-13-24-16-29(20-35-29)19-28(4,5)37-24/h10-14,22-24,27H,6-9,15-20H2,1-5H3,(H,30,31)/b13-10+,14-12-,21-11+/t22-,23?,24+,27?,29+/m0/s1. The molecule has 3 atom stereocenters. The zero-order valence-corrected chi connectivity index (χ0v) is 23.1. The van der Waals surface area contributed by atoms with Gasteiger partial charge in [-0.1, -0.05) is 43.6 Å². The molecule has 0 bridgehead atoms. The number of carbonyl (C=O) groups is 2. The molecule has 0 aromatic carbocycles. The quantitative estimate of drug-likeness (QED) is 0.133. The first kappa shape index (κ1) is 29.6. The molecule has 0 saturated carbocycles. The van der Waals surface area contributed by atoms with Gasteiger partial charge >= 0.3 is 5.97 Å². The van der Waals surface area contributed by atoms with Gasteiger partial charge in [-0.05, 0) is 40.2 Å². The SMILES string of the molecule is CCCCCC(=O)O[C@@H](C)/C=C\C(=O)NC1COC(C/C=C(C)/C=C/[C@@H]2C[C@]3(CO3)CC(C)(C)O2)OC1. The van der Waals surface area contributed by atoms with Crippen LogP contribution in [-0.2, 0) is 33.3 Å². The average Bonchev–Trinajstić information content (AvgIpc) is 3.57. The fourth-order valence-corrected chi connectivity index (χ4v) is 4.81. The molecule has 0 aliphatic carbocycles. The van der Waals surface area contributed by atoms with E-state index in [1.165, 1.54) is 6.08 Å². The maximum atomic E-state index is 12.2. The maximum Gasteiger partial charge on any atom is 0.306 e. The second-order valence-corrected chi connectivity index (χ2v) is 11.1. The van der Waals surface area contributed by atoms with Gasteiger partial charge in [0.1, 0.15) is 6.10 Å². The van der Waals surface area contributed by atoms with Crippen LogP contribution in [0.1, 0.15) is 79.6 Å². The van der Waals surface area contributed by atoms with E-state index < -0.39 is 6.10 Å². The fraction of sp³-hybridized carbons (Fsp3) is 0.724. The highest BCUT2D eigenvalue weighted by Crippen LogP contribution is 2.46. The number of unbranched alkanes of at least 4 members (excludes halogenated alkanes) is 2. The molecule has 3 aliphatic rings. The molecule has 0 radical (unpaired) electrons. The van der Waals surface area contributed by atoms with Crippen LogP contribution in [0.3, 0.4) is 0 Å². The predicted octanol–water partition coefficient (Wildman–Crippen LogP) is 4.53. The Hall–Kier alpha value is -2.00. The molecule has 8 nitrogen and oxygen atoms in total. The second kappa shape index (κ2) is 13.7. The Morgan fingerprint density at radius 3 is 2.57 bits per heavy atom. The molecule has 3 rings (SSSR count). The van der Waals surface area contributed by atoms with Gasteiger partial charge < -0.3 is 29.0 Å². The van der Waals surface area contributed by atoms with Crippen LogP contribution in [0.15, 0.2) is 36.0 Å². The Kier molecular flexibility index (Phi) is 10.9. The normalized spacial score (nSPS) is 30.5. The summed E-state index contributed by atoms with van der Waals surface area (Å²) in [5.74, 6) is -0.504. The highest BCUT2D eigenvalue weighted by molar-refractivity contribution is 5.87. The van der Waals surface area contributed by atoms with Gasteiger partial charge in [-0.3, -0.25) is 9.59 Å². The number of ether oxygens (including phenoxy) is 5. The van der Waals surface area contributed by atoms with Crippen molar-refractivity contribution in [2.45, 2.75) is 115 Å². The third-order valence-corrected chi connectivity index (χ3v) is 6.68. The minimum Gasteiger partial charge on any atom is -0.458 e. The number of hydrogen-bond acceptors (Lipinski definition) is 7. The number of nitrogens with one attached hydrogen (secondary N) is 1. The lowest BCUT2D eigenvalue weighted by atomic mass is 9.85. The Morgan fingerprint density at radius 1 is 1.16 bits per heavy atom. The molecule has 8 heteroatoms. The minimum absolute atomic E-state index is 0.0128. The van der Waals surface area contributed by atoms with Crippen LogP contribution in [-0.4, -0.2) is 67.4 Å². The third kappa shape index (κ3) is 10.7. The van der Waals surface area contributed by atoms with E-state index in [0.29, 0.717) is 26.1 Å². The summed E-state index contributed by atoms with van der Waals surface area (Å²) in [5.41, 5.74) is 0.954. The minimum atomic E-state index is -0.452. The summed E-state index contributed by atoms with van der Waals surface area (Å²) in [4.78, 5) is 24.0. The monoisotopic (exact) mass is 519 g/mol. The van der Waals surface area contributed by atoms with Crippen molar-refractivity contribution >= 4 is 11.9 Å². The second-order valence-electron chi connectivity index (χ2n) is 11.1. The van der Waals surface area contributed by atoms with Crippen LogP contribution in [0.25, 0.3) is 0 Å².